The zero-order valence-electron chi connectivity index (χ0n) is 10.5. The molecule has 0 atom stereocenters. The molecule has 0 amide bonds. The van der Waals surface area contributed by atoms with Gasteiger partial charge in [-0.25, -0.2) is 0 Å². The first-order chi connectivity index (χ1) is 9.08. The Morgan fingerprint density at radius 1 is 1.16 bits per heavy atom. The minimum absolute atomic E-state index is 0.0342. The highest BCUT2D eigenvalue weighted by molar-refractivity contribution is 5.39. The summed E-state index contributed by atoms with van der Waals surface area (Å²) in [6.45, 7) is -0.961. The van der Waals surface area contributed by atoms with Gasteiger partial charge in [-0.3, -0.25) is 10.1 Å². The minimum atomic E-state index is -1.16. The Morgan fingerprint density at radius 2 is 1.74 bits per heavy atom. The fourth-order valence-electron chi connectivity index (χ4n) is 1.68. The van der Waals surface area contributed by atoms with E-state index in [0.29, 0.717) is 18.5 Å². The fraction of sp³-hybridized carbons (Fsp3) is 0.500. The number of benzene rings is 1. The Balaban J connectivity index is 2.65. The molecule has 1 aromatic carbocycles. The van der Waals surface area contributed by atoms with Gasteiger partial charge in [0.05, 0.1) is 30.3 Å². The van der Waals surface area contributed by atoms with Crippen molar-refractivity contribution in [3.8, 4) is 0 Å². The summed E-state index contributed by atoms with van der Waals surface area (Å²) in [6.07, 6.45) is 0.360. The third-order valence-electron chi connectivity index (χ3n) is 2.99. The van der Waals surface area contributed by atoms with Crippen LogP contribution in [0.1, 0.15) is 5.56 Å². The second-order valence-corrected chi connectivity index (χ2v) is 4.32. The van der Waals surface area contributed by atoms with Crippen molar-refractivity contribution >= 4 is 5.69 Å². The molecular formula is C12H18N2O5. The van der Waals surface area contributed by atoms with Crippen molar-refractivity contribution in [2.24, 2.45) is 0 Å². The van der Waals surface area contributed by atoms with Crippen molar-refractivity contribution < 1.29 is 20.2 Å². The Morgan fingerprint density at radius 3 is 2.26 bits per heavy atom. The quantitative estimate of drug-likeness (QED) is 0.372. The van der Waals surface area contributed by atoms with Crippen LogP contribution in [0, 0.1) is 10.1 Å². The van der Waals surface area contributed by atoms with Crippen LogP contribution in [0.25, 0.3) is 0 Å². The summed E-state index contributed by atoms with van der Waals surface area (Å²) in [5, 5.41) is 41.0. The van der Waals surface area contributed by atoms with Gasteiger partial charge in [0, 0.05) is 18.2 Å². The predicted molar refractivity (Wildman–Crippen MR) is 68.8 cm³/mol. The van der Waals surface area contributed by atoms with Crippen molar-refractivity contribution in [3.05, 3.63) is 39.9 Å². The van der Waals surface area contributed by atoms with Crippen LogP contribution >= 0.6 is 0 Å². The van der Waals surface area contributed by atoms with Gasteiger partial charge in [-0.1, -0.05) is 18.2 Å². The SMILES string of the molecule is O=[N+]([O-])c1ccccc1CCNC(CO)(CO)CO. The smallest absolute Gasteiger partial charge is 0.272 e. The molecule has 106 valence electrons. The van der Waals surface area contributed by atoms with E-state index in [1.807, 2.05) is 0 Å². The monoisotopic (exact) mass is 270 g/mol. The molecule has 0 saturated carbocycles. The molecule has 1 rings (SSSR count). The van der Waals surface area contributed by atoms with E-state index >= 15 is 0 Å². The summed E-state index contributed by atoms with van der Waals surface area (Å²) in [7, 11) is 0. The molecule has 0 aliphatic heterocycles. The molecule has 7 heteroatoms. The number of hydrogen-bond donors (Lipinski definition) is 4. The van der Waals surface area contributed by atoms with E-state index in [1.54, 1.807) is 18.2 Å². The van der Waals surface area contributed by atoms with Crippen LogP contribution in [0.3, 0.4) is 0 Å². The van der Waals surface area contributed by atoms with Crippen molar-refractivity contribution in [2.45, 2.75) is 12.0 Å². The van der Waals surface area contributed by atoms with E-state index in [2.05, 4.69) is 5.32 Å². The number of para-hydroxylation sites is 1. The van der Waals surface area contributed by atoms with Crippen LogP contribution in [0.15, 0.2) is 24.3 Å². The summed E-state index contributed by atoms with van der Waals surface area (Å²) in [6, 6.07) is 6.37. The highest BCUT2D eigenvalue weighted by Gasteiger charge is 2.27. The maximum Gasteiger partial charge on any atom is 0.272 e. The highest BCUT2D eigenvalue weighted by atomic mass is 16.6. The van der Waals surface area contributed by atoms with Crippen molar-refractivity contribution in [2.75, 3.05) is 26.4 Å². The molecule has 0 spiro atoms. The number of aliphatic hydroxyl groups excluding tert-OH is 3. The van der Waals surface area contributed by atoms with Crippen LogP contribution in [-0.2, 0) is 6.42 Å². The third kappa shape index (κ3) is 3.97. The van der Waals surface area contributed by atoms with Gasteiger partial charge in [-0.15, -0.1) is 0 Å². The number of nitrogens with one attached hydrogen (secondary N) is 1. The minimum Gasteiger partial charge on any atom is -0.394 e. The van der Waals surface area contributed by atoms with E-state index in [-0.39, 0.29) is 5.69 Å². The molecule has 0 radical (unpaired) electrons. The van der Waals surface area contributed by atoms with Gasteiger partial charge < -0.3 is 20.6 Å². The molecule has 0 aliphatic carbocycles. The van der Waals surface area contributed by atoms with Crippen LogP contribution < -0.4 is 5.32 Å². The summed E-state index contributed by atoms with van der Waals surface area (Å²) < 4.78 is 0. The zero-order chi connectivity index (χ0) is 14.3. The number of nitrogens with zero attached hydrogens (tertiary/aromatic N) is 1. The van der Waals surface area contributed by atoms with Crippen molar-refractivity contribution in [3.63, 3.8) is 0 Å². The molecule has 0 fully saturated rings. The molecule has 0 aromatic heterocycles. The first-order valence-corrected chi connectivity index (χ1v) is 5.88. The maximum absolute atomic E-state index is 10.8. The van der Waals surface area contributed by atoms with Crippen LogP contribution in [0.2, 0.25) is 0 Å². The summed E-state index contributed by atoms with van der Waals surface area (Å²) in [5.74, 6) is 0. The van der Waals surface area contributed by atoms with Crippen LogP contribution in [0.4, 0.5) is 5.69 Å². The van der Waals surface area contributed by atoms with E-state index in [0.717, 1.165) is 0 Å². The van der Waals surface area contributed by atoms with Gasteiger partial charge in [0.15, 0.2) is 0 Å². The van der Waals surface area contributed by atoms with Gasteiger partial charge >= 0.3 is 0 Å². The number of hydrogen-bond acceptors (Lipinski definition) is 6. The van der Waals surface area contributed by atoms with Gasteiger partial charge in [0.2, 0.25) is 0 Å². The standard InChI is InChI=1S/C12H18N2O5/c15-7-12(8-16,9-17)13-6-5-10-3-1-2-4-11(10)14(18)19/h1-4,13,15-17H,5-9H2. The maximum atomic E-state index is 10.8. The fourth-order valence-corrected chi connectivity index (χ4v) is 1.68. The molecule has 4 N–H and O–H groups in total. The Bertz CT molecular complexity index is 412. The van der Waals surface area contributed by atoms with Crippen molar-refractivity contribution in [1.29, 1.82) is 0 Å². The van der Waals surface area contributed by atoms with E-state index < -0.39 is 30.3 Å². The second-order valence-electron chi connectivity index (χ2n) is 4.32. The average Bonchev–Trinajstić information content (AvgIpc) is 2.44. The predicted octanol–water partition coefficient (Wildman–Crippen LogP) is -0.557. The second kappa shape index (κ2) is 7.15. The van der Waals surface area contributed by atoms with E-state index in [4.69, 9.17) is 15.3 Å². The van der Waals surface area contributed by atoms with Gasteiger partial charge in [0.25, 0.3) is 5.69 Å². The van der Waals surface area contributed by atoms with Crippen LogP contribution in [0.5, 0.6) is 0 Å². The lowest BCUT2D eigenvalue weighted by atomic mass is 10.0. The highest BCUT2D eigenvalue weighted by Crippen LogP contribution is 2.17. The number of aliphatic hydroxyl groups is 3. The Labute approximate surface area is 110 Å². The van der Waals surface area contributed by atoms with E-state index in [1.165, 1.54) is 6.07 Å². The van der Waals surface area contributed by atoms with Gasteiger partial charge in [-0.2, -0.15) is 0 Å². The van der Waals surface area contributed by atoms with Crippen LogP contribution in [-0.4, -0.2) is 52.1 Å². The molecule has 0 saturated heterocycles. The molecule has 0 unspecified atom stereocenters. The lowest BCUT2D eigenvalue weighted by Crippen LogP contribution is -2.55. The molecule has 0 bridgehead atoms. The summed E-state index contributed by atoms with van der Waals surface area (Å²) >= 11 is 0. The largest absolute Gasteiger partial charge is 0.394 e. The number of rotatable bonds is 8. The lowest BCUT2D eigenvalue weighted by Gasteiger charge is -2.28. The number of nitro benzene ring substituents is 1. The van der Waals surface area contributed by atoms with Gasteiger partial charge in [0.1, 0.15) is 0 Å². The molecule has 7 nitrogen and oxygen atoms in total. The molecular weight excluding hydrogens is 252 g/mol. The van der Waals surface area contributed by atoms with E-state index in [9.17, 15) is 10.1 Å². The third-order valence-corrected chi connectivity index (χ3v) is 2.99. The average molecular weight is 270 g/mol. The topological polar surface area (TPSA) is 116 Å². The van der Waals surface area contributed by atoms with Gasteiger partial charge in [-0.05, 0) is 6.42 Å². The molecule has 19 heavy (non-hydrogen) atoms. The summed E-state index contributed by atoms with van der Waals surface area (Å²) in [4.78, 5) is 10.4. The molecule has 1 aromatic rings. The number of nitro groups is 1. The first kappa shape index (κ1) is 15.5. The normalized spacial score (nSPS) is 11.5. The van der Waals surface area contributed by atoms with Crippen molar-refractivity contribution in [1.82, 2.24) is 5.32 Å². The Kier molecular flexibility index (Phi) is 5.84. The first-order valence-electron chi connectivity index (χ1n) is 5.88. The molecule has 0 heterocycles. The Hall–Kier alpha value is -1.54. The lowest BCUT2D eigenvalue weighted by molar-refractivity contribution is -0.385. The summed E-state index contributed by atoms with van der Waals surface area (Å²) in [5.41, 5.74) is -0.571. The molecule has 0 aliphatic rings. The zero-order valence-corrected chi connectivity index (χ0v) is 10.5.